The highest BCUT2D eigenvalue weighted by molar-refractivity contribution is 5.76. The Morgan fingerprint density at radius 3 is 2.80 bits per heavy atom. The van der Waals surface area contributed by atoms with Crippen molar-refractivity contribution in [2.45, 2.75) is 32.1 Å². The van der Waals surface area contributed by atoms with Gasteiger partial charge in [0.15, 0.2) is 0 Å². The normalized spacial score (nSPS) is 19.1. The molecule has 0 aliphatic carbocycles. The first-order chi connectivity index (χ1) is 9.69. The number of likely N-dealkylation sites (tertiary alicyclic amines) is 1. The zero-order chi connectivity index (χ0) is 14.4. The third kappa shape index (κ3) is 4.23. The van der Waals surface area contributed by atoms with Crippen LogP contribution in [0, 0.1) is 5.92 Å². The number of aliphatic hydroxyl groups excluding tert-OH is 1. The van der Waals surface area contributed by atoms with Gasteiger partial charge in [0.1, 0.15) is 0 Å². The first-order valence-electron chi connectivity index (χ1n) is 7.42. The molecule has 1 aromatic carbocycles. The van der Waals surface area contributed by atoms with Gasteiger partial charge in [-0.1, -0.05) is 12.1 Å². The average molecular weight is 276 g/mol. The summed E-state index contributed by atoms with van der Waals surface area (Å²) in [6, 6.07) is 7.71. The molecule has 0 radical (unpaired) electrons. The summed E-state index contributed by atoms with van der Waals surface area (Å²) >= 11 is 0. The van der Waals surface area contributed by atoms with E-state index in [0.29, 0.717) is 12.3 Å². The first-order valence-corrected chi connectivity index (χ1v) is 7.42. The van der Waals surface area contributed by atoms with Crippen molar-refractivity contribution in [1.29, 1.82) is 0 Å². The second-order valence-electron chi connectivity index (χ2n) is 5.60. The summed E-state index contributed by atoms with van der Waals surface area (Å²) in [5.41, 5.74) is 7.55. The van der Waals surface area contributed by atoms with Gasteiger partial charge >= 0.3 is 0 Å². The molecule has 1 aromatic rings. The molecule has 0 saturated carbocycles. The molecule has 3 N–H and O–H groups in total. The third-order valence-corrected chi connectivity index (χ3v) is 4.02. The molecule has 1 aliphatic rings. The molecule has 0 bridgehead atoms. The van der Waals surface area contributed by atoms with Gasteiger partial charge in [-0.2, -0.15) is 0 Å². The highest BCUT2D eigenvalue weighted by Crippen LogP contribution is 2.20. The SMILES string of the molecule is Nc1ccc(CCC(=O)N2CCCC(CCO)C2)cc1. The molecule has 20 heavy (non-hydrogen) atoms. The summed E-state index contributed by atoms with van der Waals surface area (Å²) in [5.74, 6) is 0.693. The van der Waals surface area contributed by atoms with Crippen LogP contribution in [-0.4, -0.2) is 35.6 Å². The summed E-state index contributed by atoms with van der Waals surface area (Å²) < 4.78 is 0. The fraction of sp³-hybridized carbons (Fsp3) is 0.562. The van der Waals surface area contributed by atoms with Crippen molar-refractivity contribution < 1.29 is 9.90 Å². The number of carbonyl (C=O) groups excluding carboxylic acids is 1. The highest BCUT2D eigenvalue weighted by Gasteiger charge is 2.22. The highest BCUT2D eigenvalue weighted by atomic mass is 16.3. The van der Waals surface area contributed by atoms with E-state index in [2.05, 4.69) is 0 Å². The number of benzene rings is 1. The summed E-state index contributed by atoms with van der Waals surface area (Å²) in [7, 11) is 0. The van der Waals surface area contributed by atoms with Gasteiger partial charge < -0.3 is 15.7 Å². The fourth-order valence-electron chi connectivity index (χ4n) is 2.80. The van der Waals surface area contributed by atoms with Crippen LogP contribution < -0.4 is 5.73 Å². The molecule has 1 saturated heterocycles. The molecule has 0 aromatic heterocycles. The minimum Gasteiger partial charge on any atom is -0.399 e. The van der Waals surface area contributed by atoms with Crippen molar-refractivity contribution in [3.63, 3.8) is 0 Å². The number of piperidine rings is 1. The minimum atomic E-state index is 0.220. The molecular weight excluding hydrogens is 252 g/mol. The Labute approximate surface area is 120 Å². The molecule has 110 valence electrons. The summed E-state index contributed by atoms with van der Waals surface area (Å²) in [6.07, 6.45) is 4.30. The Kier molecular flexibility index (Phi) is 5.41. The van der Waals surface area contributed by atoms with E-state index in [9.17, 15) is 4.79 Å². The first kappa shape index (κ1) is 14.9. The number of aryl methyl sites for hydroxylation is 1. The van der Waals surface area contributed by atoms with Gasteiger partial charge in [0, 0.05) is 31.8 Å². The molecule has 2 rings (SSSR count). The van der Waals surface area contributed by atoms with Crippen LogP contribution in [0.25, 0.3) is 0 Å². The van der Waals surface area contributed by atoms with E-state index in [1.54, 1.807) is 0 Å². The van der Waals surface area contributed by atoms with Gasteiger partial charge in [0.2, 0.25) is 5.91 Å². The van der Waals surface area contributed by atoms with Crippen LogP contribution in [0.2, 0.25) is 0 Å². The number of amides is 1. The number of carbonyl (C=O) groups is 1. The smallest absolute Gasteiger partial charge is 0.222 e. The zero-order valence-corrected chi connectivity index (χ0v) is 11.9. The number of hydrogen-bond donors (Lipinski definition) is 2. The summed E-state index contributed by atoms with van der Waals surface area (Å²) in [4.78, 5) is 14.2. The van der Waals surface area contributed by atoms with Gasteiger partial charge in [-0.3, -0.25) is 4.79 Å². The van der Waals surface area contributed by atoms with Crippen LogP contribution in [0.4, 0.5) is 5.69 Å². The molecule has 4 heteroatoms. The van der Waals surface area contributed by atoms with E-state index in [-0.39, 0.29) is 12.5 Å². The Balaban J connectivity index is 1.80. The van der Waals surface area contributed by atoms with Crippen molar-refractivity contribution in [1.82, 2.24) is 4.90 Å². The molecule has 1 heterocycles. The van der Waals surface area contributed by atoms with E-state index in [0.717, 1.165) is 50.0 Å². The molecular formula is C16H24N2O2. The van der Waals surface area contributed by atoms with E-state index in [1.807, 2.05) is 29.2 Å². The van der Waals surface area contributed by atoms with E-state index < -0.39 is 0 Å². The maximum Gasteiger partial charge on any atom is 0.222 e. The number of nitrogens with two attached hydrogens (primary N) is 1. The Morgan fingerprint density at radius 1 is 1.35 bits per heavy atom. The summed E-state index contributed by atoms with van der Waals surface area (Å²) in [5, 5.41) is 9.00. The molecule has 1 unspecified atom stereocenters. The van der Waals surface area contributed by atoms with Crippen molar-refractivity contribution in [2.75, 3.05) is 25.4 Å². The second-order valence-corrected chi connectivity index (χ2v) is 5.60. The number of aliphatic hydroxyl groups is 1. The number of anilines is 1. The van der Waals surface area contributed by atoms with Gasteiger partial charge in [-0.15, -0.1) is 0 Å². The predicted molar refractivity (Wildman–Crippen MR) is 80.2 cm³/mol. The Morgan fingerprint density at radius 2 is 2.10 bits per heavy atom. The molecule has 1 amide bonds. The van der Waals surface area contributed by atoms with Crippen molar-refractivity contribution in [3.05, 3.63) is 29.8 Å². The lowest BCUT2D eigenvalue weighted by atomic mass is 9.95. The minimum absolute atomic E-state index is 0.220. The van der Waals surface area contributed by atoms with Gasteiger partial charge in [0.05, 0.1) is 0 Å². The van der Waals surface area contributed by atoms with E-state index in [1.165, 1.54) is 0 Å². The lowest BCUT2D eigenvalue weighted by Crippen LogP contribution is -2.40. The second kappa shape index (κ2) is 7.29. The zero-order valence-electron chi connectivity index (χ0n) is 11.9. The van der Waals surface area contributed by atoms with Crippen LogP contribution in [0.15, 0.2) is 24.3 Å². The maximum absolute atomic E-state index is 12.2. The number of rotatable bonds is 5. The standard InChI is InChI=1S/C16H24N2O2/c17-15-6-3-13(4-7-15)5-8-16(20)18-10-1-2-14(12-18)9-11-19/h3-4,6-7,14,19H,1-2,5,8-12,17H2. The van der Waals surface area contributed by atoms with Gasteiger partial charge in [-0.05, 0) is 49.3 Å². The number of nitrogens with zero attached hydrogens (tertiary/aromatic N) is 1. The van der Waals surface area contributed by atoms with Crippen LogP contribution >= 0.6 is 0 Å². The molecule has 1 aliphatic heterocycles. The quantitative estimate of drug-likeness (QED) is 0.806. The van der Waals surface area contributed by atoms with Crippen LogP contribution in [0.5, 0.6) is 0 Å². The van der Waals surface area contributed by atoms with Crippen molar-refractivity contribution in [2.24, 2.45) is 5.92 Å². The van der Waals surface area contributed by atoms with E-state index in [4.69, 9.17) is 10.8 Å². The van der Waals surface area contributed by atoms with E-state index >= 15 is 0 Å². The lowest BCUT2D eigenvalue weighted by Gasteiger charge is -2.32. The molecule has 4 nitrogen and oxygen atoms in total. The average Bonchev–Trinajstić information content (AvgIpc) is 2.47. The number of nitrogen functional groups attached to an aromatic ring is 1. The molecule has 0 spiro atoms. The third-order valence-electron chi connectivity index (χ3n) is 4.02. The Bertz CT molecular complexity index is 429. The van der Waals surface area contributed by atoms with Gasteiger partial charge in [-0.25, -0.2) is 0 Å². The lowest BCUT2D eigenvalue weighted by molar-refractivity contribution is -0.133. The maximum atomic E-state index is 12.2. The largest absolute Gasteiger partial charge is 0.399 e. The monoisotopic (exact) mass is 276 g/mol. The topological polar surface area (TPSA) is 66.6 Å². The van der Waals surface area contributed by atoms with Crippen molar-refractivity contribution in [3.8, 4) is 0 Å². The number of hydrogen-bond acceptors (Lipinski definition) is 3. The van der Waals surface area contributed by atoms with Crippen LogP contribution in [-0.2, 0) is 11.2 Å². The molecule has 1 atom stereocenters. The predicted octanol–water partition coefficient (Wildman–Crippen LogP) is 1.82. The molecule has 1 fully saturated rings. The van der Waals surface area contributed by atoms with Crippen LogP contribution in [0.1, 0.15) is 31.2 Å². The fourth-order valence-corrected chi connectivity index (χ4v) is 2.80. The Hall–Kier alpha value is -1.55. The van der Waals surface area contributed by atoms with Crippen molar-refractivity contribution >= 4 is 11.6 Å². The van der Waals surface area contributed by atoms with Crippen LogP contribution in [0.3, 0.4) is 0 Å². The van der Waals surface area contributed by atoms with Gasteiger partial charge in [0.25, 0.3) is 0 Å². The summed E-state index contributed by atoms with van der Waals surface area (Å²) in [6.45, 7) is 1.89.